The van der Waals surface area contributed by atoms with E-state index < -0.39 is 0 Å². The van der Waals surface area contributed by atoms with Gasteiger partial charge < -0.3 is 20.1 Å². The van der Waals surface area contributed by atoms with Gasteiger partial charge in [-0.3, -0.25) is 9.59 Å². The van der Waals surface area contributed by atoms with Crippen LogP contribution in [0.4, 0.5) is 0 Å². The van der Waals surface area contributed by atoms with Gasteiger partial charge in [-0.1, -0.05) is 19.1 Å². The maximum Gasteiger partial charge on any atom is 0.244 e. The van der Waals surface area contributed by atoms with E-state index in [1.165, 1.54) is 6.08 Å². The third kappa shape index (κ3) is 8.67. The summed E-state index contributed by atoms with van der Waals surface area (Å²) in [6.07, 6.45) is 5.07. The summed E-state index contributed by atoms with van der Waals surface area (Å²) in [5.41, 5.74) is 1.93. The molecule has 0 saturated heterocycles. The Bertz CT molecular complexity index is 923. The molecule has 0 aliphatic heterocycles. The summed E-state index contributed by atoms with van der Waals surface area (Å²) in [5.74, 6) is 0.850. The molecule has 0 atom stereocenters. The number of ether oxygens (including phenoxy) is 1. The first-order chi connectivity index (χ1) is 15.3. The van der Waals surface area contributed by atoms with E-state index in [-0.39, 0.29) is 17.6 Å². The lowest BCUT2D eigenvalue weighted by Crippen LogP contribution is -2.27. The zero-order valence-corrected chi connectivity index (χ0v) is 21.4. The summed E-state index contributed by atoms with van der Waals surface area (Å²) >= 11 is 7.11. The van der Waals surface area contributed by atoms with Gasteiger partial charge >= 0.3 is 0 Å². The van der Waals surface area contributed by atoms with Gasteiger partial charge in [0.2, 0.25) is 11.8 Å². The molecule has 8 heteroatoms. The number of phenols is 1. The lowest BCUT2D eigenvalue weighted by atomic mass is 10.1. The van der Waals surface area contributed by atoms with Gasteiger partial charge in [-0.2, -0.15) is 0 Å². The second kappa shape index (κ2) is 13.3. The fourth-order valence-electron chi connectivity index (χ4n) is 2.86. The van der Waals surface area contributed by atoms with Gasteiger partial charge in [0, 0.05) is 32.6 Å². The summed E-state index contributed by atoms with van der Waals surface area (Å²) in [7, 11) is 1.81. The van der Waals surface area contributed by atoms with Gasteiger partial charge in [0.25, 0.3) is 0 Å². The van der Waals surface area contributed by atoms with Crippen LogP contribution in [-0.2, 0) is 16.0 Å². The van der Waals surface area contributed by atoms with E-state index in [2.05, 4.69) is 37.2 Å². The number of nitrogens with zero attached hydrogens (tertiary/aromatic N) is 1. The third-order valence-electron chi connectivity index (χ3n) is 4.71. The SMILES string of the molecule is CCC(=O)N(C)CCc1cc(Br)c(OCCCNC(=O)/C=C/c2ccc(O)cc2)c(Br)c1. The molecular weight excluding hydrogens is 540 g/mol. The number of phenolic OH excluding ortho intramolecular Hbond substituents is 1. The summed E-state index contributed by atoms with van der Waals surface area (Å²) in [4.78, 5) is 25.3. The monoisotopic (exact) mass is 566 g/mol. The molecule has 0 spiro atoms. The standard InChI is InChI=1S/C24H28Br2N2O4/c1-3-23(31)28(2)13-11-18-15-20(25)24(21(26)16-18)32-14-4-12-27-22(30)10-7-17-5-8-19(29)9-6-17/h5-10,15-16,29H,3-4,11-14H2,1-2H3,(H,27,30)/b10-7+. The highest BCUT2D eigenvalue weighted by atomic mass is 79.9. The Morgan fingerprint density at radius 1 is 1.16 bits per heavy atom. The van der Waals surface area contributed by atoms with Crippen molar-refractivity contribution in [1.82, 2.24) is 10.2 Å². The third-order valence-corrected chi connectivity index (χ3v) is 5.89. The number of benzene rings is 2. The average molecular weight is 568 g/mol. The number of likely N-dealkylation sites (N-methyl/N-ethyl adjacent to an activating group) is 1. The minimum atomic E-state index is -0.184. The van der Waals surface area contributed by atoms with E-state index in [4.69, 9.17) is 4.74 Å². The van der Waals surface area contributed by atoms with Crippen LogP contribution in [0.2, 0.25) is 0 Å². The summed E-state index contributed by atoms with van der Waals surface area (Å²) in [5, 5.41) is 12.1. The number of rotatable bonds is 11. The Labute approximate surface area is 205 Å². The second-order valence-electron chi connectivity index (χ2n) is 7.23. The molecule has 0 fully saturated rings. The van der Waals surface area contributed by atoms with Crippen molar-refractivity contribution in [3.05, 3.63) is 62.5 Å². The molecule has 0 saturated carbocycles. The highest BCUT2D eigenvalue weighted by Crippen LogP contribution is 2.35. The molecule has 0 unspecified atom stereocenters. The lowest BCUT2D eigenvalue weighted by molar-refractivity contribution is -0.129. The predicted molar refractivity (Wildman–Crippen MR) is 134 cm³/mol. The van der Waals surface area contributed by atoms with Crippen LogP contribution in [0.15, 0.2) is 51.4 Å². The largest absolute Gasteiger partial charge is 0.508 e. The number of halogens is 2. The first-order valence-corrected chi connectivity index (χ1v) is 12.0. The van der Waals surface area contributed by atoms with E-state index in [0.29, 0.717) is 38.3 Å². The van der Waals surface area contributed by atoms with E-state index in [1.54, 1.807) is 35.2 Å². The molecule has 172 valence electrons. The van der Waals surface area contributed by atoms with Crippen molar-refractivity contribution in [1.29, 1.82) is 0 Å². The molecule has 2 amide bonds. The van der Waals surface area contributed by atoms with Crippen LogP contribution in [0, 0.1) is 0 Å². The van der Waals surface area contributed by atoms with Crippen LogP contribution in [0.5, 0.6) is 11.5 Å². The average Bonchev–Trinajstić information content (AvgIpc) is 2.77. The first-order valence-electron chi connectivity index (χ1n) is 10.4. The topological polar surface area (TPSA) is 78.9 Å². The zero-order chi connectivity index (χ0) is 23.5. The molecule has 0 aromatic heterocycles. The Balaban J connectivity index is 1.74. The van der Waals surface area contributed by atoms with Crippen molar-refractivity contribution in [2.45, 2.75) is 26.2 Å². The number of nitrogens with one attached hydrogen (secondary N) is 1. The maximum atomic E-state index is 11.9. The quantitative estimate of drug-likeness (QED) is 0.298. The van der Waals surface area contributed by atoms with Gasteiger partial charge in [0.1, 0.15) is 11.5 Å². The highest BCUT2D eigenvalue weighted by Gasteiger charge is 2.11. The molecule has 2 N–H and O–H groups in total. The van der Waals surface area contributed by atoms with Crippen molar-refractivity contribution in [3.63, 3.8) is 0 Å². The molecule has 0 bridgehead atoms. The Morgan fingerprint density at radius 2 is 1.81 bits per heavy atom. The van der Waals surface area contributed by atoms with Gasteiger partial charge in [-0.25, -0.2) is 0 Å². The van der Waals surface area contributed by atoms with Crippen LogP contribution in [0.1, 0.15) is 30.9 Å². The van der Waals surface area contributed by atoms with Crippen molar-refractivity contribution in [2.24, 2.45) is 0 Å². The summed E-state index contributed by atoms with van der Waals surface area (Å²) < 4.78 is 7.55. The molecule has 0 heterocycles. The Morgan fingerprint density at radius 3 is 2.44 bits per heavy atom. The fourth-order valence-corrected chi connectivity index (χ4v) is 4.37. The Hall–Kier alpha value is -2.32. The molecule has 2 rings (SSSR count). The molecule has 2 aromatic rings. The normalized spacial score (nSPS) is 10.9. The Kier molecular flexibility index (Phi) is 10.8. The molecule has 6 nitrogen and oxygen atoms in total. The first kappa shape index (κ1) is 25.9. The molecule has 0 aliphatic carbocycles. The molecule has 32 heavy (non-hydrogen) atoms. The van der Waals surface area contributed by atoms with Gasteiger partial charge in [-0.15, -0.1) is 0 Å². The predicted octanol–water partition coefficient (Wildman–Crippen LogP) is 4.93. The van der Waals surface area contributed by atoms with Gasteiger partial charge in [0.15, 0.2) is 0 Å². The van der Waals surface area contributed by atoms with Gasteiger partial charge in [0.05, 0.1) is 15.6 Å². The van der Waals surface area contributed by atoms with E-state index in [0.717, 1.165) is 26.5 Å². The molecule has 0 radical (unpaired) electrons. The van der Waals surface area contributed by atoms with Crippen molar-refractivity contribution >= 4 is 49.8 Å². The molecular formula is C24H28Br2N2O4. The van der Waals surface area contributed by atoms with Crippen molar-refractivity contribution in [2.75, 3.05) is 26.7 Å². The minimum absolute atomic E-state index is 0.131. The zero-order valence-electron chi connectivity index (χ0n) is 18.2. The minimum Gasteiger partial charge on any atom is -0.508 e. The van der Waals surface area contributed by atoms with E-state index in [1.807, 2.05) is 26.1 Å². The van der Waals surface area contributed by atoms with Crippen LogP contribution in [0.25, 0.3) is 6.08 Å². The molecule has 2 aromatic carbocycles. The lowest BCUT2D eigenvalue weighted by Gasteiger charge is -2.17. The number of hydrogen-bond acceptors (Lipinski definition) is 4. The number of carbonyl (C=O) groups excluding carboxylic acids is 2. The number of hydrogen-bond donors (Lipinski definition) is 2. The van der Waals surface area contributed by atoms with Crippen LogP contribution >= 0.6 is 31.9 Å². The van der Waals surface area contributed by atoms with Crippen LogP contribution in [0.3, 0.4) is 0 Å². The number of aromatic hydroxyl groups is 1. The van der Waals surface area contributed by atoms with E-state index >= 15 is 0 Å². The van der Waals surface area contributed by atoms with Gasteiger partial charge in [-0.05, 0) is 86.2 Å². The summed E-state index contributed by atoms with van der Waals surface area (Å²) in [6.45, 7) is 3.46. The van der Waals surface area contributed by atoms with Crippen molar-refractivity contribution in [3.8, 4) is 11.5 Å². The van der Waals surface area contributed by atoms with Crippen molar-refractivity contribution < 1.29 is 19.4 Å². The highest BCUT2D eigenvalue weighted by molar-refractivity contribution is 9.11. The molecule has 0 aliphatic rings. The van der Waals surface area contributed by atoms with E-state index in [9.17, 15) is 14.7 Å². The van der Waals surface area contributed by atoms with Crippen LogP contribution < -0.4 is 10.1 Å². The summed E-state index contributed by atoms with van der Waals surface area (Å²) in [6, 6.07) is 10.6. The smallest absolute Gasteiger partial charge is 0.244 e. The fraction of sp³-hybridized carbons (Fsp3) is 0.333. The van der Waals surface area contributed by atoms with Crippen LogP contribution in [-0.4, -0.2) is 48.6 Å². The maximum absolute atomic E-state index is 11.9. The number of amides is 2. The number of carbonyl (C=O) groups is 2. The second-order valence-corrected chi connectivity index (χ2v) is 8.93.